The average Bonchev–Trinajstić information content (AvgIpc) is 3.03. The van der Waals surface area contributed by atoms with E-state index in [0.717, 1.165) is 33.5 Å². The molecular weight excluding hydrogens is 334 g/mol. The molecule has 5 heteroatoms. The average molecular weight is 354 g/mol. The van der Waals surface area contributed by atoms with E-state index >= 15 is 0 Å². The fourth-order valence-corrected chi connectivity index (χ4v) is 3.67. The van der Waals surface area contributed by atoms with Crippen molar-refractivity contribution in [1.82, 2.24) is 4.90 Å². The topological polar surface area (TPSA) is 48.2 Å². The molecule has 1 heterocycles. The molecule has 0 aromatic heterocycles. The van der Waals surface area contributed by atoms with E-state index in [0.29, 0.717) is 16.5 Å². The first-order valence-electron chi connectivity index (χ1n) is 8.41. The quantitative estimate of drug-likeness (QED) is 0.901. The predicted octanol–water partition coefficient (Wildman–Crippen LogP) is 3.19. The van der Waals surface area contributed by atoms with Crippen molar-refractivity contribution in [2.45, 2.75) is 19.6 Å². The van der Waals surface area contributed by atoms with Crippen LogP contribution in [0.5, 0.6) is 5.75 Å². The van der Waals surface area contributed by atoms with Gasteiger partial charge >= 0.3 is 0 Å². The fraction of sp³-hybridized carbons (Fsp3) is 0.300. The van der Waals surface area contributed by atoms with Gasteiger partial charge in [0.05, 0.1) is 16.3 Å². The van der Waals surface area contributed by atoms with Crippen LogP contribution >= 0.6 is 11.6 Å². The van der Waals surface area contributed by atoms with Gasteiger partial charge in [0, 0.05) is 21.4 Å². The number of rotatable bonds is 2. The summed E-state index contributed by atoms with van der Waals surface area (Å²) in [5, 5.41) is 15.0. The summed E-state index contributed by atoms with van der Waals surface area (Å²) in [7, 11) is 3.89. The number of allylic oxidation sites excluding steroid dienone is 4. The molecule has 4 rings (SSSR count). The molecule has 4 nitrogen and oxygen atoms in total. The second-order valence-electron chi connectivity index (χ2n) is 6.88. The second kappa shape index (κ2) is 5.97. The van der Waals surface area contributed by atoms with Gasteiger partial charge in [-0.25, -0.2) is 9.98 Å². The van der Waals surface area contributed by atoms with Gasteiger partial charge in [0.15, 0.2) is 6.29 Å². The minimum Gasteiger partial charge on any atom is -0.507 e. The summed E-state index contributed by atoms with van der Waals surface area (Å²) in [4.78, 5) is 11.5. The lowest BCUT2D eigenvalue weighted by molar-refractivity contribution is 0.311. The molecule has 0 radical (unpaired) electrons. The smallest absolute Gasteiger partial charge is 0.197 e. The maximum atomic E-state index is 11.1. The van der Waals surface area contributed by atoms with Gasteiger partial charge < -0.3 is 5.11 Å². The van der Waals surface area contributed by atoms with Crippen molar-refractivity contribution in [3.63, 3.8) is 0 Å². The number of benzene rings is 2. The second-order valence-corrected chi connectivity index (χ2v) is 7.29. The highest BCUT2D eigenvalue weighted by Gasteiger charge is 2.25. The molecule has 0 saturated carbocycles. The Bertz CT molecular complexity index is 1050. The molecule has 0 spiro atoms. The van der Waals surface area contributed by atoms with Crippen molar-refractivity contribution in [1.29, 1.82) is 0 Å². The molecule has 2 atom stereocenters. The molecule has 25 heavy (non-hydrogen) atoms. The first-order chi connectivity index (χ1) is 12.0. The molecule has 0 fully saturated rings. The SMILES string of the molecule is C[C@@H]1C=C(c2c(O)c3ccccc3c3c2=NC(N(C)C)N=3)C(Cl)=CC1. The van der Waals surface area contributed by atoms with Crippen LogP contribution in [-0.4, -0.2) is 30.4 Å². The molecular formula is C20H20ClN3O. The van der Waals surface area contributed by atoms with Crippen molar-refractivity contribution in [2.75, 3.05) is 14.1 Å². The minimum atomic E-state index is -0.289. The first kappa shape index (κ1) is 16.3. The summed E-state index contributed by atoms with van der Waals surface area (Å²) in [6.07, 6.45) is 4.74. The molecule has 2 aromatic rings. The van der Waals surface area contributed by atoms with Crippen LogP contribution in [0, 0.1) is 5.92 Å². The normalized spacial score (nSPS) is 22.3. The van der Waals surface area contributed by atoms with Crippen LogP contribution in [-0.2, 0) is 0 Å². The zero-order valence-corrected chi connectivity index (χ0v) is 15.2. The summed E-state index contributed by atoms with van der Waals surface area (Å²) in [5.74, 6) is 0.585. The van der Waals surface area contributed by atoms with Gasteiger partial charge in [-0.2, -0.15) is 0 Å². The molecule has 128 valence electrons. The van der Waals surface area contributed by atoms with Crippen LogP contribution in [0.15, 0.2) is 51.4 Å². The largest absolute Gasteiger partial charge is 0.507 e. The lowest BCUT2D eigenvalue weighted by atomic mass is 9.90. The summed E-state index contributed by atoms with van der Waals surface area (Å²) in [6.45, 7) is 2.14. The highest BCUT2D eigenvalue weighted by Crippen LogP contribution is 2.37. The Morgan fingerprint density at radius 1 is 1.12 bits per heavy atom. The van der Waals surface area contributed by atoms with Gasteiger partial charge in [-0.3, -0.25) is 4.90 Å². The van der Waals surface area contributed by atoms with Crippen LogP contribution in [0.1, 0.15) is 18.9 Å². The number of fused-ring (bicyclic) bond motifs is 3. The standard InChI is InChI=1S/C20H20ClN3O/c1-11-8-9-15(21)14(10-11)16-18-17(22-20(23-18)24(2)3)12-6-4-5-7-13(12)19(16)25/h4-7,9-11,20,25H,8H2,1-3H3/t11-,20?/m0/s1. The van der Waals surface area contributed by atoms with E-state index in [2.05, 4.69) is 13.0 Å². The van der Waals surface area contributed by atoms with Crippen LogP contribution < -0.4 is 10.7 Å². The number of halogens is 1. The Kier molecular flexibility index (Phi) is 3.89. The number of nitrogens with zero attached hydrogens (tertiary/aromatic N) is 3. The highest BCUT2D eigenvalue weighted by atomic mass is 35.5. The molecule has 1 aliphatic carbocycles. The Labute approximate surface area is 151 Å². The van der Waals surface area contributed by atoms with Crippen LogP contribution in [0.4, 0.5) is 0 Å². The maximum Gasteiger partial charge on any atom is 0.197 e. The molecule has 0 saturated heterocycles. The van der Waals surface area contributed by atoms with Gasteiger partial charge in [-0.05, 0) is 26.4 Å². The molecule has 0 bridgehead atoms. The summed E-state index contributed by atoms with van der Waals surface area (Å²) in [5.41, 5.74) is 1.54. The maximum absolute atomic E-state index is 11.1. The van der Waals surface area contributed by atoms with Gasteiger partial charge in [-0.1, -0.05) is 54.9 Å². The van der Waals surface area contributed by atoms with Gasteiger partial charge in [-0.15, -0.1) is 0 Å². The van der Waals surface area contributed by atoms with Crippen molar-refractivity contribution >= 4 is 27.9 Å². The Balaban J connectivity index is 2.13. The minimum absolute atomic E-state index is 0.222. The monoisotopic (exact) mass is 353 g/mol. The van der Waals surface area contributed by atoms with E-state index in [1.807, 2.05) is 49.3 Å². The summed E-state index contributed by atoms with van der Waals surface area (Å²) in [6, 6.07) is 7.76. The Morgan fingerprint density at radius 2 is 1.80 bits per heavy atom. The van der Waals surface area contributed by atoms with Crippen molar-refractivity contribution in [2.24, 2.45) is 15.9 Å². The zero-order chi connectivity index (χ0) is 17.7. The van der Waals surface area contributed by atoms with E-state index < -0.39 is 0 Å². The van der Waals surface area contributed by atoms with Crippen molar-refractivity contribution in [3.8, 4) is 5.75 Å². The number of hydrogen-bond acceptors (Lipinski definition) is 4. The third-order valence-corrected chi connectivity index (χ3v) is 5.09. The van der Waals surface area contributed by atoms with Crippen molar-refractivity contribution < 1.29 is 5.11 Å². The van der Waals surface area contributed by atoms with Crippen LogP contribution in [0.2, 0.25) is 0 Å². The predicted molar refractivity (Wildman–Crippen MR) is 101 cm³/mol. The summed E-state index contributed by atoms with van der Waals surface area (Å²) < 4.78 is 0. The lowest BCUT2D eigenvalue weighted by Crippen LogP contribution is -2.27. The molecule has 0 amide bonds. The summed E-state index contributed by atoms with van der Waals surface area (Å²) >= 11 is 6.51. The Hall–Kier alpha value is -2.17. The van der Waals surface area contributed by atoms with E-state index in [9.17, 15) is 5.11 Å². The van der Waals surface area contributed by atoms with Gasteiger partial charge in [0.2, 0.25) is 0 Å². The van der Waals surface area contributed by atoms with E-state index in [1.165, 1.54) is 0 Å². The van der Waals surface area contributed by atoms with Crippen molar-refractivity contribution in [3.05, 3.63) is 57.7 Å². The molecule has 1 aliphatic heterocycles. The highest BCUT2D eigenvalue weighted by molar-refractivity contribution is 6.37. The molecule has 2 aliphatic rings. The van der Waals surface area contributed by atoms with Crippen LogP contribution in [0.25, 0.3) is 16.3 Å². The van der Waals surface area contributed by atoms with E-state index in [1.54, 1.807) is 0 Å². The van der Waals surface area contributed by atoms with Gasteiger partial charge in [0.1, 0.15) is 5.75 Å². The third-order valence-electron chi connectivity index (χ3n) is 4.73. The van der Waals surface area contributed by atoms with E-state index in [-0.39, 0.29) is 12.0 Å². The van der Waals surface area contributed by atoms with Crippen LogP contribution in [0.3, 0.4) is 0 Å². The number of phenolic OH excluding ortho intramolecular Hbond substituents is 1. The number of hydrogen-bond donors (Lipinski definition) is 1. The fourth-order valence-electron chi connectivity index (χ4n) is 3.43. The molecule has 2 aromatic carbocycles. The number of phenols is 1. The zero-order valence-electron chi connectivity index (χ0n) is 14.5. The van der Waals surface area contributed by atoms with E-state index in [4.69, 9.17) is 21.6 Å². The lowest BCUT2D eigenvalue weighted by Gasteiger charge is -2.18. The molecule has 1 unspecified atom stereocenters. The first-order valence-corrected chi connectivity index (χ1v) is 8.79. The number of aromatic hydroxyl groups is 1. The Morgan fingerprint density at radius 3 is 2.52 bits per heavy atom. The van der Waals surface area contributed by atoms with Gasteiger partial charge in [0.25, 0.3) is 0 Å². The molecule has 1 N–H and O–H groups in total. The third kappa shape index (κ3) is 2.57.